The van der Waals surface area contributed by atoms with Crippen LogP contribution in [0.1, 0.15) is 16.8 Å². The Morgan fingerprint density at radius 3 is 2.60 bits per heavy atom. The summed E-state index contributed by atoms with van der Waals surface area (Å²) < 4.78 is 38.6. The fourth-order valence-corrected chi connectivity index (χ4v) is 1.69. The van der Waals surface area contributed by atoms with E-state index in [9.17, 15) is 13.2 Å². The predicted molar refractivity (Wildman–Crippen MR) is 66.7 cm³/mol. The molecule has 0 fully saturated rings. The summed E-state index contributed by atoms with van der Waals surface area (Å²) in [7, 11) is 0. The van der Waals surface area contributed by atoms with Crippen LogP contribution in [-0.2, 0) is 12.7 Å². The van der Waals surface area contributed by atoms with Crippen LogP contribution in [0.4, 0.5) is 13.2 Å². The SMILES string of the molecule is OCC#Cc1ccccc1Cn1ccc(C(F)(F)F)n1. The van der Waals surface area contributed by atoms with Gasteiger partial charge >= 0.3 is 6.18 Å². The summed E-state index contributed by atoms with van der Waals surface area (Å²) in [5, 5.41) is 12.2. The quantitative estimate of drug-likeness (QED) is 0.857. The van der Waals surface area contributed by atoms with Crippen LogP contribution in [0.25, 0.3) is 0 Å². The number of alkyl halides is 3. The van der Waals surface area contributed by atoms with Crippen molar-refractivity contribution in [3.8, 4) is 11.8 Å². The van der Waals surface area contributed by atoms with Crippen molar-refractivity contribution in [2.75, 3.05) is 6.61 Å². The van der Waals surface area contributed by atoms with E-state index in [1.54, 1.807) is 24.3 Å². The molecule has 1 heterocycles. The van der Waals surface area contributed by atoms with Gasteiger partial charge in [-0.3, -0.25) is 4.68 Å². The molecule has 0 saturated heterocycles. The minimum Gasteiger partial charge on any atom is -0.384 e. The molecule has 0 spiro atoms. The lowest BCUT2D eigenvalue weighted by molar-refractivity contribution is -0.141. The first kappa shape index (κ1) is 14.2. The van der Waals surface area contributed by atoms with E-state index in [-0.39, 0.29) is 13.2 Å². The minimum atomic E-state index is -4.44. The average molecular weight is 280 g/mol. The molecule has 20 heavy (non-hydrogen) atoms. The highest BCUT2D eigenvalue weighted by Gasteiger charge is 2.33. The zero-order chi connectivity index (χ0) is 14.6. The van der Waals surface area contributed by atoms with Crippen molar-refractivity contribution in [2.45, 2.75) is 12.7 Å². The van der Waals surface area contributed by atoms with E-state index in [1.807, 2.05) is 0 Å². The van der Waals surface area contributed by atoms with Crippen molar-refractivity contribution < 1.29 is 18.3 Å². The molecule has 0 atom stereocenters. The third kappa shape index (κ3) is 3.39. The van der Waals surface area contributed by atoms with Crippen molar-refractivity contribution >= 4 is 0 Å². The van der Waals surface area contributed by atoms with Gasteiger partial charge in [-0.1, -0.05) is 30.0 Å². The van der Waals surface area contributed by atoms with Gasteiger partial charge in [0.15, 0.2) is 5.69 Å². The number of nitrogens with zero attached hydrogens (tertiary/aromatic N) is 2. The first-order valence-corrected chi connectivity index (χ1v) is 5.79. The van der Waals surface area contributed by atoms with E-state index in [4.69, 9.17) is 5.11 Å². The molecule has 104 valence electrons. The maximum Gasteiger partial charge on any atom is 0.435 e. The Bertz CT molecular complexity index is 650. The van der Waals surface area contributed by atoms with Gasteiger partial charge in [0, 0.05) is 11.8 Å². The fraction of sp³-hybridized carbons (Fsp3) is 0.214. The third-order valence-corrected chi connectivity index (χ3v) is 2.58. The van der Waals surface area contributed by atoms with E-state index in [2.05, 4.69) is 16.9 Å². The molecular weight excluding hydrogens is 269 g/mol. The smallest absolute Gasteiger partial charge is 0.384 e. The van der Waals surface area contributed by atoms with Crippen LogP contribution in [0, 0.1) is 11.8 Å². The molecule has 2 aromatic rings. The van der Waals surface area contributed by atoms with Gasteiger partial charge in [0.05, 0.1) is 6.54 Å². The van der Waals surface area contributed by atoms with E-state index in [1.165, 1.54) is 10.9 Å². The lowest BCUT2D eigenvalue weighted by Crippen LogP contribution is -2.09. The van der Waals surface area contributed by atoms with Gasteiger partial charge in [-0.15, -0.1) is 0 Å². The number of aromatic nitrogens is 2. The largest absolute Gasteiger partial charge is 0.435 e. The van der Waals surface area contributed by atoms with Gasteiger partial charge in [-0.05, 0) is 17.7 Å². The maximum atomic E-state index is 12.5. The number of aliphatic hydroxyl groups excluding tert-OH is 1. The van der Waals surface area contributed by atoms with Crippen molar-refractivity contribution in [3.05, 3.63) is 53.3 Å². The Kier molecular flexibility index (Phi) is 4.11. The number of hydrogen-bond donors (Lipinski definition) is 1. The highest BCUT2D eigenvalue weighted by Crippen LogP contribution is 2.27. The topological polar surface area (TPSA) is 38.0 Å². The lowest BCUT2D eigenvalue weighted by atomic mass is 10.1. The Balaban J connectivity index is 2.24. The van der Waals surface area contributed by atoms with Crippen LogP contribution in [0.5, 0.6) is 0 Å². The highest BCUT2D eigenvalue weighted by atomic mass is 19.4. The summed E-state index contributed by atoms with van der Waals surface area (Å²) in [6, 6.07) is 7.98. The zero-order valence-corrected chi connectivity index (χ0v) is 10.4. The first-order valence-electron chi connectivity index (χ1n) is 5.79. The van der Waals surface area contributed by atoms with Crippen LogP contribution in [0.15, 0.2) is 36.5 Å². The van der Waals surface area contributed by atoms with E-state index < -0.39 is 11.9 Å². The summed E-state index contributed by atoms with van der Waals surface area (Å²) in [5.41, 5.74) is 0.479. The van der Waals surface area contributed by atoms with Crippen molar-refractivity contribution in [3.63, 3.8) is 0 Å². The van der Waals surface area contributed by atoms with Crippen LogP contribution < -0.4 is 0 Å². The monoisotopic (exact) mass is 280 g/mol. The van der Waals surface area contributed by atoms with Gasteiger partial charge < -0.3 is 5.11 Å². The molecule has 1 aromatic carbocycles. The van der Waals surface area contributed by atoms with E-state index >= 15 is 0 Å². The van der Waals surface area contributed by atoms with E-state index in [0.717, 1.165) is 11.6 Å². The Morgan fingerprint density at radius 1 is 1.20 bits per heavy atom. The molecule has 0 bridgehead atoms. The molecule has 3 nitrogen and oxygen atoms in total. The van der Waals surface area contributed by atoms with Crippen LogP contribution in [0.2, 0.25) is 0 Å². The molecule has 0 saturated carbocycles. The molecule has 1 N–H and O–H groups in total. The fourth-order valence-electron chi connectivity index (χ4n) is 1.69. The molecule has 0 unspecified atom stereocenters. The van der Waals surface area contributed by atoms with Gasteiger partial charge in [-0.2, -0.15) is 18.3 Å². The number of aliphatic hydroxyl groups is 1. The molecule has 0 radical (unpaired) electrons. The number of hydrogen-bond acceptors (Lipinski definition) is 2. The normalized spacial score (nSPS) is 11.0. The van der Waals surface area contributed by atoms with E-state index in [0.29, 0.717) is 5.56 Å². The second-order valence-corrected chi connectivity index (χ2v) is 4.01. The summed E-state index contributed by atoms with van der Waals surface area (Å²) in [6.45, 7) is -0.0827. The van der Waals surface area contributed by atoms with Gasteiger partial charge in [0.1, 0.15) is 6.61 Å². The molecule has 0 aliphatic heterocycles. The summed E-state index contributed by atoms with van der Waals surface area (Å²) in [4.78, 5) is 0. The molecule has 6 heteroatoms. The second-order valence-electron chi connectivity index (χ2n) is 4.01. The third-order valence-electron chi connectivity index (χ3n) is 2.58. The van der Waals surface area contributed by atoms with Gasteiger partial charge in [0.2, 0.25) is 0 Å². The molecule has 2 rings (SSSR count). The predicted octanol–water partition coefficient (Wildman–Crippen LogP) is 2.29. The molecule has 0 aliphatic rings. The standard InChI is InChI=1S/C14H11F3N2O/c15-14(16,17)13-7-8-19(18-13)10-12-5-2-1-4-11(12)6-3-9-20/h1-2,4-5,7-8,20H,9-10H2. The Labute approximate surface area is 113 Å². The van der Waals surface area contributed by atoms with Gasteiger partial charge in [-0.25, -0.2) is 0 Å². The molecule has 0 aliphatic carbocycles. The number of rotatable bonds is 2. The first-order chi connectivity index (χ1) is 9.50. The molecular formula is C14H11F3N2O. The maximum absolute atomic E-state index is 12.5. The number of halogens is 3. The Morgan fingerprint density at radius 2 is 1.95 bits per heavy atom. The average Bonchev–Trinajstić information content (AvgIpc) is 2.86. The summed E-state index contributed by atoms with van der Waals surface area (Å²) in [6.07, 6.45) is -3.17. The lowest BCUT2D eigenvalue weighted by Gasteiger charge is -2.05. The van der Waals surface area contributed by atoms with Crippen LogP contribution in [-0.4, -0.2) is 21.5 Å². The Hall–Kier alpha value is -2.26. The van der Waals surface area contributed by atoms with Crippen molar-refractivity contribution in [1.82, 2.24) is 9.78 Å². The minimum absolute atomic E-state index is 0.187. The zero-order valence-electron chi connectivity index (χ0n) is 10.4. The summed E-state index contributed by atoms with van der Waals surface area (Å²) >= 11 is 0. The van der Waals surface area contributed by atoms with Crippen molar-refractivity contribution in [2.24, 2.45) is 0 Å². The highest BCUT2D eigenvalue weighted by molar-refractivity contribution is 5.41. The molecule has 1 aromatic heterocycles. The summed E-state index contributed by atoms with van der Waals surface area (Å²) in [5.74, 6) is 5.27. The van der Waals surface area contributed by atoms with Crippen LogP contribution >= 0.6 is 0 Å². The molecule has 0 amide bonds. The van der Waals surface area contributed by atoms with Crippen LogP contribution in [0.3, 0.4) is 0 Å². The van der Waals surface area contributed by atoms with Gasteiger partial charge in [0.25, 0.3) is 0 Å². The second kappa shape index (κ2) is 5.80. The van der Waals surface area contributed by atoms with Crippen molar-refractivity contribution in [1.29, 1.82) is 0 Å². The number of benzene rings is 1.